The van der Waals surface area contributed by atoms with E-state index < -0.39 is 6.09 Å². The summed E-state index contributed by atoms with van der Waals surface area (Å²) in [5, 5.41) is 9.50. The number of anilines is 1. The minimum atomic E-state index is -0.437. The summed E-state index contributed by atoms with van der Waals surface area (Å²) in [4.78, 5) is 20.6. The summed E-state index contributed by atoms with van der Waals surface area (Å²) in [6.07, 6.45) is 5.01. The molecule has 1 rings (SSSR count). The van der Waals surface area contributed by atoms with E-state index in [9.17, 15) is 9.59 Å². The fraction of sp³-hybridized carbons (Fsp3) is 0.118. The van der Waals surface area contributed by atoms with Gasteiger partial charge in [0.15, 0.2) is 0 Å². The standard InChI is InChI=1S/C10H12NO2.C7H8N2O.Li/c1-3-13-10(12)11-9-6-4-5-8(2)7-9;1-2-6(7(8)9)4-3-5-10;/h4-7H,2-3H2,1H3,(H,11,12);2-4H,1H2,(H3,8,9);/q-1;-2;+1/b;4-3-,6-2+;. The minimum Gasteiger partial charge on any atom is -0.450 e. The Kier molecular flexibility index (Phi) is 13.9. The molecule has 24 heavy (non-hydrogen) atoms. The van der Waals surface area contributed by atoms with Crippen LogP contribution in [-0.4, -0.2) is 24.8 Å². The van der Waals surface area contributed by atoms with Crippen LogP contribution in [0.25, 0.3) is 0 Å². The van der Waals surface area contributed by atoms with E-state index in [1.165, 1.54) is 18.4 Å². The van der Waals surface area contributed by atoms with Gasteiger partial charge in [0.2, 0.25) is 0 Å². The molecule has 0 radical (unpaired) electrons. The van der Waals surface area contributed by atoms with Gasteiger partial charge in [-0.1, -0.05) is 6.07 Å². The fourth-order valence-corrected chi connectivity index (χ4v) is 1.33. The van der Waals surface area contributed by atoms with Crippen molar-refractivity contribution in [3.63, 3.8) is 0 Å². The first-order valence-corrected chi connectivity index (χ1v) is 6.68. The average molecular weight is 321 g/mol. The number of amidine groups is 1. The van der Waals surface area contributed by atoms with Crippen LogP contribution in [0, 0.1) is 19.3 Å². The Labute approximate surface area is 154 Å². The number of nitrogens with one attached hydrogen (secondary N) is 2. The number of rotatable bonds is 5. The molecule has 7 heteroatoms. The predicted molar refractivity (Wildman–Crippen MR) is 91.7 cm³/mol. The van der Waals surface area contributed by atoms with E-state index in [0.717, 1.165) is 11.6 Å². The van der Waals surface area contributed by atoms with Crippen molar-refractivity contribution in [1.82, 2.24) is 0 Å². The van der Waals surface area contributed by atoms with Crippen molar-refractivity contribution in [2.24, 2.45) is 5.73 Å². The molecular formula is C17H20LiN3O3-2. The molecule has 1 aromatic carbocycles. The third-order valence-corrected chi connectivity index (χ3v) is 2.31. The average Bonchev–Trinajstić information content (AvgIpc) is 2.48. The van der Waals surface area contributed by atoms with Gasteiger partial charge < -0.3 is 26.0 Å². The first-order chi connectivity index (χ1) is 10.9. The number of carbonyl (C=O) groups excluding carboxylic acids is 2. The third kappa shape index (κ3) is 11.1. The number of benzene rings is 1. The van der Waals surface area contributed by atoms with Gasteiger partial charge >= 0.3 is 25.0 Å². The number of amides is 1. The van der Waals surface area contributed by atoms with Crippen LogP contribution in [0.15, 0.2) is 48.1 Å². The monoisotopic (exact) mass is 321 g/mol. The molecule has 0 aliphatic carbocycles. The van der Waals surface area contributed by atoms with E-state index in [0.29, 0.717) is 17.9 Å². The molecule has 4 N–H and O–H groups in total. The van der Waals surface area contributed by atoms with Crippen molar-refractivity contribution in [3.05, 3.63) is 67.5 Å². The predicted octanol–water partition coefficient (Wildman–Crippen LogP) is -0.210. The molecule has 6 nitrogen and oxygen atoms in total. The minimum absolute atomic E-state index is 0. The number of ether oxygens (including phenoxy) is 1. The quantitative estimate of drug-likeness (QED) is 0.174. The molecule has 0 aromatic heterocycles. The maximum Gasteiger partial charge on any atom is 1.00 e. The molecule has 0 unspecified atom stereocenters. The number of nitrogens with two attached hydrogens (primary N) is 1. The van der Waals surface area contributed by atoms with E-state index in [4.69, 9.17) is 15.9 Å². The third-order valence-electron chi connectivity index (χ3n) is 2.31. The zero-order valence-electron chi connectivity index (χ0n) is 14.0. The van der Waals surface area contributed by atoms with Crippen molar-refractivity contribution < 1.29 is 33.2 Å². The summed E-state index contributed by atoms with van der Waals surface area (Å²) in [5.41, 5.74) is 7.06. The van der Waals surface area contributed by atoms with Gasteiger partial charge in [-0.25, -0.2) is 29.4 Å². The maximum absolute atomic E-state index is 11.0. The molecule has 0 spiro atoms. The second-order valence-corrected chi connectivity index (χ2v) is 4.07. The summed E-state index contributed by atoms with van der Waals surface area (Å²) >= 11 is 0. The fourth-order valence-electron chi connectivity index (χ4n) is 1.33. The normalized spacial score (nSPS) is 9.96. The molecule has 0 saturated carbocycles. The maximum atomic E-state index is 11.0. The van der Waals surface area contributed by atoms with Gasteiger partial charge in [-0.15, -0.1) is 12.1 Å². The molecule has 1 amide bonds. The van der Waals surface area contributed by atoms with Crippen molar-refractivity contribution in [1.29, 1.82) is 5.41 Å². The summed E-state index contributed by atoms with van der Waals surface area (Å²) in [6.45, 7) is 9.27. The van der Waals surface area contributed by atoms with Gasteiger partial charge in [0, 0.05) is 5.84 Å². The Morgan fingerprint density at radius 1 is 1.50 bits per heavy atom. The summed E-state index contributed by atoms with van der Waals surface area (Å²) in [7, 11) is 0. The van der Waals surface area contributed by atoms with Crippen molar-refractivity contribution in [2.75, 3.05) is 11.9 Å². The van der Waals surface area contributed by atoms with Crippen LogP contribution in [0.4, 0.5) is 10.5 Å². The zero-order valence-corrected chi connectivity index (χ0v) is 14.0. The van der Waals surface area contributed by atoms with Crippen LogP contribution in [0.2, 0.25) is 0 Å². The van der Waals surface area contributed by atoms with Gasteiger partial charge in [0.25, 0.3) is 0 Å². The molecule has 0 heterocycles. The number of hydrogen-bond donors (Lipinski definition) is 3. The number of allylic oxidation sites excluding steroid dienone is 2. The zero-order chi connectivity index (χ0) is 17.7. The van der Waals surface area contributed by atoms with Crippen molar-refractivity contribution >= 4 is 23.9 Å². The first-order valence-electron chi connectivity index (χ1n) is 6.68. The Morgan fingerprint density at radius 2 is 2.17 bits per heavy atom. The van der Waals surface area contributed by atoms with Crippen molar-refractivity contribution in [3.8, 4) is 0 Å². The molecule has 0 atom stereocenters. The van der Waals surface area contributed by atoms with Gasteiger partial charge in [-0.05, 0) is 18.9 Å². The van der Waals surface area contributed by atoms with E-state index in [2.05, 4.69) is 19.2 Å². The Morgan fingerprint density at radius 3 is 2.62 bits per heavy atom. The van der Waals surface area contributed by atoms with E-state index in [1.54, 1.807) is 19.1 Å². The molecule has 0 aliphatic heterocycles. The van der Waals surface area contributed by atoms with Gasteiger partial charge in [-0.3, -0.25) is 6.08 Å². The Balaban J connectivity index is 0. The Bertz CT molecular complexity index is 598. The molecule has 0 bridgehead atoms. The Hall–Kier alpha value is -2.55. The van der Waals surface area contributed by atoms with E-state index in [1.807, 2.05) is 12.1 Å². The van der Waals surface area contributed by atoms with E-state index >= 15 is 0 Å². The van der Waals surface area contributed by atoms with Crippen LogP contribution >= 0.6 is 0 Å². The van der Waals surface area contributed by atoms with Crippen LogP contribution in [0.5, 0.6) is 0 Å². The summed E-state index contributed by atoms with van der Waals surface area (Å²) in [6, 6.07) is 7.24. The molecule has 1 aromatic rings. The molecule has 0 saturated heterocycles. The van der Waals surface area contributed by atoms with Gasteiger partial charge in [0.1, 0.15) is 0 Å². The smallest absolute Gasteiger partial charge is 0.450 e. The topological polar surface area (TPSA) is 105 Å². The second-order valence-electron chi connectivity index (χ2n) is 4.07. The summed E-state index contributed by atoms with van der Waals surface area (Å²) in [5.74, 6) is -0.110. The number of carbonyl (C=O) groups is 1. The van der Waals surface area contributed by atoms with Crippen LogP contribution in [-0.2, 0) is 9.53 Å². The SMILES string of the molecule is [CH2-]/C=C(\C=C/[C-]=O)C(=N)N.[CH2-]c1cccc(NC(=O)OCC)c1.[Li+]. The molecule has 0 fully saturated rings. The molecule has 124 valence electrons. The van der Waals surface area contributed by atoms with Crippen molar-refractivity contribution in [2.45, 2.75) is 6.92 Å². The molecular weight excluding hydrogens is 301 g/mol. The first kappa shape index (κ1) is 23.7. The van der Waals surface area contributed by atoms with E-state index in [-0.39, 0.29) is 24.7 Å². The van der Waals surface area contributed by atoms with Gasteiger partial charge in [0.05, 0.1) is 6.61 Å². The van der Waals surface area contributed by atoms with Crippen LogP contribution < -0.4 is 29.9 Å². The van der Waals surface area contributed by atoms with Crippen LogP contribution in [0.3, 0.4) is 0 Å². The molecule has 0 aliphatic rings. The van der Waals surface area contributed by atoms with Gasteiger partial charge in [-0.2, -0.15) is 18.6 Å². The van der Waals surface area contributed by atoms with Crippen LogP contribution in [0.1, 0.15) is 12.5 Å². The second kappa shape index (κ2) is 14.1. The number of hydrogen-bond acceptors (Lipinski definition) is 4. The summed E-state index contributed by atoms with van der Waals surface area (Å²) < 4.78 is 4.72. The largest absolute Gasteiger partial charge is 1.00 e.